The van der Waals surface area contributed by atoms with Crippen LogP contribution < -0.4 is 0 Å². The van der Waals surface area contributed by atoms with Crippen molar-refractivity contribution in [1.29, 1.82) is 0 Å². The molecule has 1 fully saturated rings. The van der Waals surface area contributed by atoms with Crippen LogP contribution in [0, 0.1) is 12.7 Å². The highest BCUT2D eigenvalue weighted by atomic mass is 19.1. The van der Waals surface area contributed by atoms with Gasteiger partial charge in [-0.1, -0.05) is 11.6 Å². The molecule has 1 heterocycles. The minimum Gasteiger partial charge on any atom is -0.450 e. The quantitative estimate of drug-likeness (QED) is 0.839. The SMILES string of the molecule is CCOC(=O)N1CCN(C(=O)c2cc(C)ccc2F)CC1. The summed E-state index contributed by atoms with van der Waals surface area (Å²) in [7, 11) is 0. The number of hydrogen-bond donors (Lipinski definition) is 0. The summed E-state index contributed by atoms with van der Waals surface area (Å²) in [6.07, 6.45) is -0.369. The van der Waals surface area contributed by atoms with Gasteiger partial charge >= 0.3 is 6.09 Å². The van der Waals surface area contributed by atoms with E-state index in [9.17, 15) is 14.0 Å². The highest BCUT2D eigenvalue weighted by Crippen LogP contribution is 2.14. The van der Waals surface area contributed by atoms with E-state index in [0.29, 0.717) is 32.8 Å². The minimum absolute atomic E-state index is 0.0829. The third-order valence-electron chi connectivity index (χ3n) is 3.45. The molecule has 0 unspecified atom stereocenters. The number of rotatable bonds is 2. The summed E-state index contributed by atoms with van der Waals surface area (Å²) in [5, 5.41) is 0. The molecule has 0 aromatic heterocycles. The Bertz CT molecular complexity index is 540. The van der Waals surface area contributed by atoms with E-state index in [-0.39, 0.29) is 17.6 Å². The summed E-state index contributed by atoms with van der Waals surface area (Å²) < 4.78 is 18.7. The molecule has 114 valence electrons. The number of benzene rings is 1. The van der Waals surface area contributed by atoms with Gasteiger partial charge < -0.3 is 14.5 Å². The van der Waals surface area contributed by atoms with E-state index < -0.39 is 5.82 Å². The largest absolute Gasteiger partial charge is 0.450 e. The highest BCUT2D eigenvalue weighted by Gasteiger charge is 2.26. The van der Waals surface area contributed by atoms with Gasteiger partial charge in [-0.15, -0.1) is 0 Å². The summed E-state index contributed by atoms with van der Waals surface area (Å²) in [5.74, 6) is -0.849. The zero-order valence-corrected chi connectivity index (χ0v) is 12.3. The Morgan fingerprint density at radius 3 is 2.43 bits per heavy atom. The monoisotopic (exact) mass is 294 g/mol. The molecule has 0 spiro atoms. The van der Waals surface area contributed by atoms with Crippen LogP contribution in [0.2, 0.25) is 0 Å². The Morgan fingerprint density at radius 2 is 1.81 bits per heavy atom. The summed E-state index contributed by atoms with van der Waals surface area (Å²) in [5.41, 5.74) is 0.921. The van der Waals surface area contributed by atoms with Crippen molar-refractivity contribution in [3.63, 3.8) is 0 Å². The number of hydrogen-bond acceptors (Lipinski definition) is 3. The van der Waals surface area contributed by atoms with Crippen LogP contribution in [0.15, 0.2) is 18.2 Å². The average Bonchev–Trinajstić information content (AvgIpc) is 2.49. The van der Waals surface area contributed by atoms with E-state index in [4.69, 9.17) is 4.74 Å². The lowest BCUT2D eigenvalue weighted by Gasteiger charge is -2.34. The molecule has 21 heavy (non-hydrogen) atoms. The van der Waals surface area contributed by atoms with Crippen molar-refractivity contribution >= 4 is 12.0 Å². The normalized spacial score (nSPS) is 15.0. The fourth-order valence-electron chi connectivity index (χ4n) is 2.28. The van der Waals surface area contributed by atoms with Crippen molar-refractivity contribution in [2.24, 2.45) is 0 Å². The number of halogens is 1. The van der Waals surface area contributed by atoms with Gasteiger partial charge in [0.05, 0.1) is 12.2 Å². The molecular formula is C15H19FN2O3. The molecule has 1 aromatic carbocycles. The lowest BCUT2D eigenvalue weighted by molar-refractivity contribution is 0.0566. The van der Waals surface area contributed by atoms with Crippen LogP contribution in [0.4, 0.5) is 9.18 Å². The molecule has 0 aliphatic carbocycles. The van der Waals surface area contributed by atoms with Gasteiger partial charge in [-0.05, 0) is 26.0 Å². The van der Waals surface area contributed by atoms with Gasteiger partial charge in [-0.3, -0.25) is 4.79 Å². The molecule has 6 heteroatoms. The Balaban J connectivity index is 2.00. The van der Waals surface area contributed by atoms with E-state index in [1.54, 1.807) is 28.9 Å². The minimum atomic E-state index is -0.515. The van der Waals surface area contributed by atoms with E-state index in [0.717, 1.165) is 5.56 Å². The Morgan fingerprint density at radius 1 is 1.19 bits per heavy atom. The number of amides is 2. The van der Waals surface area contributed by atoms with Crippen LogP contribution in [0.25, 0.3) is 0 Å². The molecule has 2 rings (SSSR count). The van der Waals surface area contributed by atoms with Crippen LogP contribution in [-0.4, -0.2) is 54.6 Å². The van der Waals surface area contributed by atoms with Gasteiger partial charge in [0.1, 0.15) is 5.82 Å². The topological polar surface area (TPSA) is 49.9 Å². The predicted molar refractivity (Wildman–Crippen MR) is 75.6 cm³/mol. The zero-order valence-electron chi connectivity index (χ0n) is 12.3. The number of nitrogens with zero attached hydrogens (tertiary/aromatic N) is 2. The molecular weight excluding hydrogens is 275 g/mol. The van der Waals surface area contributed by atoms with Gasteiger partial charge in [0.15, 0.2) is 0 Å². The molecule has 0 saturated carbocycles. The molecule has 1 aliphatic heterocycles. The molecule has 0 radical (unpaired) electrons. The van der Waals surface area contributed by atoms with E-state index >= 15 is 0 Å². The van der Waals surface area contributed by atoms with Gasteiger partial charge in [0.2, 0.25) is 0 Å². The van der Waals surface area contributed by atoms with Crippen molar-refractivity contribution < 1.29 is 18.7 Å². The molecule has 1 aliphatic rings. The standard InChI is InChI=1S/C15H19FN2O3/c1-3-21-15(20)18-8-6-17(7-9-18)14(19)12-10-11(2)4-5-13(12)16/h4-5,10H,3,6-9H2,1-2H3. The Hall–Kier alpha value is -2.11. The summed E-state index contributed by atoms with van der Waals surface area (Å²) >= 11 is 0. The lowest BCUT2D eigenvalue weighted by atomic mass is 10.1. The van der Waals surface area contributed by atoms with Crippen molar-refractivity contribution in [3.8, 4) is 0 Å². The maximum Gasteiger partial charge on any atom is 0.409 e. The van der Waals surface area contributed by atoms with Crippen LogP contribution in [-0.2, 0) is 4.74 Å². The van der Waals surface area contributed by atoms with Crippen molar-refractivity contribution in [1.82, 2.24) is 9.80 Å². The molecule has 0 bridgehead atoms. The second-order valence-corrected chi connectivity index (χ2v) is 4.96. The van der Waals surface area contributed by atoms with E-state index in [1.807, 2.05) is 6.92 Å². The van der Waals surface area contributed by atoms with Crippen LogP contribution in [0.3, 0.4) is 0 Å². The Labute approximate surface area is 123 Å². The molecule has 0 atom stereocenters. The third kappa shape index (κ3) is 3.51. The van der Waals surface area contributed by atoms with Crippen molar-refractivity contribution in [2.45, 2.75) is 13.8 Å². The third-order valence-corrected chi connectivity index (χ3v) is 3.45. The second kappa shape index (κ2) is 6.56. The van der Waals surface area contributed by atoms with Crippen LogP contribution in [0.5, 0.6) is 0 Å². The number of aryl methyl sites for hydroxylation is 1. The first-order valence-electron chi connectivity index (χ1n) is 7.00. The van der Waals surface area contributed by atoms with Crippen molar-refractivity contribution in [3.05, 3.63) is 35.1 Å². The molecule has 1 saturated heterocycles. The van der Waals surface area contributed by atoms with E-state index in [2.05, 4.69) is 0 Å². The molecule has 1 aromatic rings. The smallest absolute Gasteiger partial charge is 0.409 e. The summed E-state index contributed by atoms with van der Waals surface area (Å²) in [6, 6.07) is 4.48. The maximum absolute atomic E-state index is 13.7. The predicted octanol–water partition coefficient (Wildman–Crippen LogP) is 2.05. The first-order valence-corrected chi connectivity index (χ1v) is 7.00. The second-order valence-electron chi connectivity index (χ2n) is 4.96. The van der Waals surface area contributed by atoms with Gasteiger partial charge in [-0.25, -0.2) is 9.18 Å². The fraction of sp³-hybridized carbons (Fsp3) is 0.467. The summed E-state index contributed by atoms with van der Waals surface area (Å²) in [4.78, 5) is 27.0. The first kappa shape index (κ1) is 15.3. The van der Waals surface area contributed by atoms with E-state index in [1.165, 1.54) is 6.07 Å². The number of carbonyl (C=O) groups excluding carboxylic acids is 2. The number of piperazine rings is 1. The molecule has 5 nitrogen and oxygen atoms in total. The fourth-order valence-corrected chi connectivity index (χ4v) is 2.28. The first-order chi connectivity index (χ1) is 10.0. The highest BCUT2D eigenvalue weighted by molar-refractivity contribution is 5.94. The summed E-state index contributed by atoms with van der Waals surface area (Å²) in [6.45, 7) is 5.45. The van der Waals surface area contributed by atoms with Gasteiger partial charge in [0.25, 0.3) is 5.91 Å². The Kier molecular flexibility index (Phi) is 4.77. The number of carbonyl (C=O) groups is 2. The number of ether oxygens (including phenoxy) is 1. The molecule has 2 amide bonds. The molecule has 0 N–H and O–H groups in total. The average molecular weight is 294 g/mol. The lowest BCUT2D eigenvalue weighted by Crippen LogP contribution is -2.50. The van der Waals surface area contributed by atoms with Gasteiger partial charge in [0, 0.05) is 26.2 Å². The van der Waals surface area contributed by atoms with Crippen LogP contribution in [0.1, 0.15) is 22.8 Å². The van der Waals surface area contributed by atoms with Crippen molar-refractivity contribution in [2.75, 3.05) is 32.8 Å². The zero-order chi connectivity index (χ0) is 15.4. The van der Waals surface area contributed by atoms with Gasteiger partial charge in [-0.2, -0.15) is 0 Å². The maximum atomic E-state index is 13.7. The van der Waals surface area contributed by atoms with Crippen LogP contribution >= 0.6 is 0 Å².